The SMILES string of the molecule is C[C@@H](O)[C@H]1O[C@](CCCc2ccccc2)(OC2CCCCN2)[C@H]2OC(C)(C)O[C@@H]12. The normalized spacial score (nSPS) is 37.4. The van der Waals surface area contributed by atoms with Crippen molar-refractivity contribution in [3.63, 3.8) is 0 Å². The van der Waals surface area contributed by atoms with Crippen LogP contribution in [-0.4, -0.2) is 53.9 Å². The largest absolute Gasteiger partial charge is 0.391 e. The molecule has 4 rings (SSSR count). The zero-order valence-corrected chi connectivity index (χ0v) is 17.8. The summed E-state index contributed by atoms with van der Waals surface area (Å²) in [5.74, 6) is -1.65. The van der Waals surface area contributed by atoms with Crippen LogP contribution in [-0.2, 0) is 25.4 Å². The Morgan fingerprint density at radius 2 is 1.97 bits per heavy atom. The molecule has 3 heterocycles. The molecule has 0 radical (unpaired) electrons. The summed E-state index contributed by atoms with van der Waals surface area (Å²) in [5, 5.41) is 13.8. The zero-order chi connectivity index (χ0) is 20.5. The number of aryl methyl sites for hydroxylation is 1. The molecular formula is C23H35NO5. The molecule has 3 saturated heterocycles. The van der Waals surface area contributed by atoms with E-state index in [0.29, 0.717) is 6.42 Å². The number of hydrogen-bond donors (Lipinski definition) is 2. The van der Waals surface area contributed by atoms with E-state index in [2.05, 4.69) is 29.6 Å². The van der Waals surface area contributed by atoms with Crippen LogP contribution < -0.4 is 5.32 Å². The van der Waals surface area contributed by atoms with Crippen molar-refractivity contribution in [2.24, 2.45) is 0 Å². The second kappa shape index (κ2) is 8.61. The summed E-state index contributed by atoms with van der Waals surface area (Å²) in [5.41, 5.74) is 1.30. The van der Waals surface area contributed by atoms with E-state index in [0.717, 1.165) is 38.6 Å². The Bertz CT molecular complexity index is 660. The van der Waals surface area contributed by atoms with Crippen LogP contribution in [0.5, 0.6) is 0 Å². The molecule has 0 aliphatic carbocycles. The number of ether oxygens (including phenoxy) is 4. The van der Waals surface area contributed by atoms with E-state index in [1.165, 1.54) is 5.56 Å². The monoisotopic (exact) mass is 405 g/mol. The van der Waals surface area contributed by atoms with Gasteiger partial charge in [0, 0.05) is 6.42 Å². The molecule has 0 bridgehead atoms. The summed E-state index contributed by atoms with van der Waals surface area (Å²) in [6, 6.07) is 10.5. The molecule has 3 aliphatic rings. The van der Waals surface area contributed by atoms with E-state index in [4.69, 9.17) is 18.9 Å². The van der Waals surface area contributed by atoms with Crippen molar-refractivity contribution in [2.45, 2.75) is 102 Å². The summed E-state index contributed by atoms with van der Waals surface area (Å²) in [4.78, 5) is 0. The Morgan fingerprint density at radius 1 is 1.17 bits per heavy atom. The summed E-state index contributed by atoms with van der Waals surface area (Å²) < 4.78 is 25.5. The Labute approximate surface area is 173 Å². The molecule has 29 heavy (non-hydrogen) atoms. The van der Waals surface area contributed by atoms with Gasteiger partial charge >= 0.3 is 0 Å². The van der Waals surface area contributed by atoms with Crippen LogP contribution in [0.15, 0.2) is 30.3 Å². The lowest BCUT2D eigenvalue weighted by atomic mass is 9.96. The lowest BCUT2D eigenvalue weighted by Gasteiger charge is -2.39. The molecule has 6 heteroatoms. The highest BCUT2D eigenvalue weighted by molar-refractivity contribution is 5.15. The van der Waals surface area contributed by atoms with Gasteiger partial charge < -0.3 is 24.1 Å². The third kappa shape index (κ3) is 4.68. The van der Waals surface area contributed by atoms with Gasteiger partial charge in [0.25, 0.3) is 0 Å². The molecule has 3 aliphatic heterocycles. The van der Waals surface area contributed by atoms with Crippen LogP contribution in [0, 0.1) is 0 Å². The maximum absolute atomic E-state index is 10.4. The fourth-order valence-corrected chi connectivity index (χ4v) is 4.81. The molecule has 2 N–H and O–H groups in total. The van der Waals surface area contributed by atoms with E-state index in [1.807, 2.05) is 19.9 Å². The first-order valence-electron chi connectivity index (χ1n) is 11.1. The summed E-state index contributed by atoms with van der Waals surface area (Å²) >= 11 is 0. The van der Waals surface area contributed by atoms with Gasteiger partial charge in [0.1, 0.15) is 24.5 Å². The Morgan fingerprint density at radius 3 is 2.66 bits per heavy atom. The van der Waals surface area contributed by atoms with Crippen LogP contribution >= 0.6 is 0 Å². The van der Waals surface area contributed by atoms with Gasteiger partial charge in [-0.2, -0.15) is 0 Å². The molecule has 1 unspecified atom stereocenters. The van der Waals surface area contributed by atoms with Gasteiger partial charge in [-0.3, -0.25) is 5.32 Å². The Kier molecular flexibility index (Phi) is 6.30. The quantitative estimate of drug-likeness (QED) is 0.726. The number of fused-ring (bicyclic) bond motifs is 1. The Hall–Kier alpha value is -1.02. The minimum absolute atomic E-state index is 0.0683. The summed E-state index contributed by atoms with van der Waals surface area (Å²) in [6.45, 7) is 6.52. The average Bonchev–Trinajstić information content (AvgIpc) is 3.16. The topological polar surface area (TPSA) is 69.2 Å². The van der Waals surface area contributed by atoms with Gasteiger partial charge in [-0.15, -0.1) is 0 Å². The molecule has 0 aromatic heterocycles. The molecule has 0 amide bonds. The molecule has 6 atom stereocenters. The average molecular weight is 406 g/mol. The van der Waals surface area contributed by atoms with Crippen molar-refractivity contribution in [1.29, 1.82) is 0 Å². The number of aliphatic hydroxyl groups is 1. The summed E-state index contributed by atoms with van der Waals surface area (Å²) in [6.07, 6.45) is 3.86. The fraction of sp³-hybridized carbons (Fsp3) is 0.739. The minimum Gasteiger partial charge on any atom is -0.391 e. The molecule has 162 valence electrons. The van der Waals surface area contributed by atoms with Gasteiger partial charge in [-0.1, -0.05) is 30.3 Å². The van der Waals surface area contributed by atoms with E-state index in [1.54, 1.807) is 6.92 Å². The van der Waals surface area contributed by atoms with Crippen LogP contribution in [0.2, 0.25) is 0 Å². The van der Waals surface area contributed by atoms with Crippen LogP contribution in [0.1, 0.15) is 58.4 Å². The fourth-order valence-electron chi connectivity index (χ4n) is 4.81. The number of aliphatic hydroxyl groups excluding tert-OH is 1. The highest BCUT2D eigenvalue weighted by atomic mass is 16.8. The van der Waals surface area contributed by atoms with E-state index in [9.17, 15) is 5.11 Å². The smallest absolute Gasteiger partial charge is 0.199 e. The zero-order valence-electron chi connectivity index (χ0n) is 17.8. The van der Waals surface area contributed by atoms with Crippen LogP contribution in [0.3, 0.4) is 0 Å². The molecule has 1 aromatic carbocycles. The highest BCUT2D eigenvalue weighted by Crippen LogP contribution is 2.48. The number of nitrogens with one attached hydrogen (secondary N) is 1. The first-order valence-corrected chi connectivity index (χ1v) is 11.1. The van der Waals surface area contributed by atoms with Gasteiger partial charge in [0.05, 0.1) is 6.10 Å². The second-order valence-corrected chi connectivity index (χ2v) is 9.05. The maximum Gasteiger partial charge on any atom is 0.199 e. The standard InChI is InChI=1S/C23H35NO5/c1-16(25)19-20-21(29-22(2,3)27-20)23(28-19,26-18-13-7-8-15-24-18)14-9-12-17-10-5-4-6-11-17/h4-6,10-11,16,18-21,24-25H,7-9,12-15H2,1-3H3/t16-,18?,19-,20+,21+,23+/m1/s1. The number of piperidine rings is 1. The minimum atomic E-state index is -0.927. The predicted octanol–water partition coefficient (Wildman–Crippen LogP) is 3.12. The van der Waals surface area contributed by atoms with Gasteiger partial charge in [0.15, 0.2) is 11.6 Å². The van der Waals surface area contributed by atoms with Crippen LogP contribution in [0.25, 0.3) is 0 Å². The molecule has 3 fully saturated rings. The van der Waals surface area contributed by atoms with Crippen molar-refractivity contribution < 1.29 is 24.1 Å². The van der Waals surface area contributed by atoms with Gasteiger partial charge in [-0.25, -0.2) is 0 Å². The van der Waals surface area contributed by atoms with Crippen molar-refractivity contribution in [1.82, 2.24) is 5.32 Å². The lowest BCUT2D eigenvalue weighted by molar-refractivity contribution is -0.319. The first-order chi connectivity index (χ1) is 13.9. The second-order valence-electron chi connectivity index (χ2n) is 9.05. The third-order valence-electron chi connectivity index (χ3n) is 6.14. The van der Waals surface area contributed by atoms with Crippen molar-refractivity contribution in [3.8, 4) is 0 Å². The third-order valence-corrected chi connectivity index (χ3v) is 6.14. The van der Waals surface area contributed by atoms with E-state index >= 15 is 0 Å². The van der Waals surface area contributed by atoms with Crippen molar-refractivity contribution >= 4 is 0 Å². The maximum atomic E-state index is 10.4. The Balaban J connectivity index is 1.55. The number of benzene rings is 1. The van der Waals surface area contributed by atoms with E-state index in [-0.39, 0.29) is 18.4 Å². The number of rotatable bonds is 7. The summed E-state index contributed by atoms with van der Waals surface area (Å²) in [7, 11) is 0. The van der Waals surface area contributed by atoms with E-state index < -0.39 is 23.8 Å². The van der Waals surface area contributed by atoms with Crippen LogP contribution in [0.4, 0.5) is 0 Å². The van der Waals surface area contributed by atoms with Gasteiger partial charge in [0.2, 0.25) is 0 Å². The van der Waals surface area contributed by atoms with Crippen molar-refractivity contribution in [3.05, 3.63) is 35.9 Å². The molecule has 0 saturated carbocycles. The number of hydrogen-bond acceptors (Lipinski definition) is 6. The molecule has 0 spiro atoms. The molecular weight excluding hydrogens is 370 g/mol. The van der Waals surface area contributed by atoms with Crippen molar-refractivity contribution in [2.75, 3.05) is 6.54 Å². The van der Waals surface area contributed by atoms with Gasteiger partial charge in [-0.05, 0) is 65.0 Å². The lowest BCUT2D eigenvalue weighted by Crippen LogP contribution is -2.52. The molecule has 1 aromatic rings. The molecule has 6 nitrogen and oxygen atoms in total. The predicted molar refractivity (Wildman–Crippen MR) is 109 cm³/mol. The first kappa shape index (κ1) is 21.2. The highest BCUT2D eigenvalue weighted by Gasteiger charge is 2.64.